The Hall–Kier alpha value is -1.03. The van der Waals surface area contributed by atoms with Crippen LogP contribution in [0.15, 0.2) is 12.1 Å². The predicted molar refractivity (Wildman–Crippen MR) is 57.3 cm³/mol. The summed E-state index contributed by atoms with van der Waals surface area (Å²) in [6.45, 7) is 3.86. The largest absolute Gasteiger partial charge is 0.324 e. The summed E-state index contributed by atoms with van der Waals surface area (Å²) in [5, 5.41) is 0. The van der Waals surface area contributed by atoms with E-state index in [-0.39, 0.29) is 11.5 Å². The molecule has 0 aliphatic heterocycles. The van der Waals surface area contributed by atoms with Crippen LogP contribution in [0, 0.1) is 23.4 Å². The first-order valence-electron chi connectivity index (χ1n) is 5.37. The van der Waals surface area contributed by atoms with E-state index in [0.717, 1.165) is 18.9 Å². The second kappa shape index (κ2) is 5.34. The monoisotopic (exact) mass is 231 g/mol. The zero-order valence-electron chi connectivity index (χ0n) is 9.43. The molecule has 0 saturated carbocycles. The van der Waals surface area contributed by atoms with Crippen LogP contribution in [0.4, 0.5) is 13.2 Å². The zero-order chi connectivity index (χ0) is 12.3. The molecule has 0 saturated heterocycles. The third kappa shape index (κ3) is 2.76. The van der Waals surface area contributed by atoms with Crippen molar-refractivity contribution in [1.82, 2.24) is 0 Å². The van der Waals surface area contributed by atoms with Gasteiger partial charge in [-0.1, -0.05) is 20.3 Å². The first-order valence-corrected chi connectivity index (χ1v) is 5.37. The summed E-state index contributed by atoms with van der Waals surface area (Å²) in [7, 11) is 0. The van der Waals surface area contributed by atoms with Crippen LogP contribution >= 0.6 is 0 Å². The van der Waals surface area contributed by atoms with Gasteiger partial charge in [0.1, 0.15) is 5.82 Å². The van der Waals surface area contributed by atoms with Crippen molar-refractivity contribution >= 4 is 0 Å². The zero-order valence-corrected chi connectivity index (χ0v) is 9.43. The van der Waals surface area contributed by atoms with E-state index >= 15 is 0 Å². The fourth-order valence-electron chi connectivity index (χ4n) is 1.73. The fourth-order valence-corrected chi connectivity index (χ4v) is 1.73. The van der Waals surface area contributed by atoms with Crippen molar-refractivity contribution in [2.75, 3.05) is 0 Å². The molecule has 0 radical (unpaired) electrons. The van der Waals surface area contributed by atoms with Gasteiger partial charge in [-0.05, 0) is 18.4 Å². The number of hydrogen-bond acceptors (Lipinski definition) is 1. The molecule has 2 unspecified atom stereocenters. The van der Waals surface area contributed by atoms with E-state index in [1.807, 2.05) is 13.8 Å². The van der Waals surface area contributed by atoms with Crippen molar-refractivity contribution in [2.24, 2.45) is 11.7 Å². The van der Waals surface area contributed by atoms with Crippen LogP contribution in [-0.2, 0) is 0 Å². The van der Waals surface area contributed by atoms with Crippen LogP contribution in [-0.4, -0.2) is 0 Å². The molecule has 1 rings (SSSR count). The topological polar surface area (TPSA) is 26.0 Å². The van der Waals surface area contributed by atoms with Crippen LogP contribution in [0.2, 0.25) is 0 Å². The minimum absolute atomic E-state index is 0.0318. The van der Waals surface area contributed by atoms with Gasteiger partial charge in [-0.15, -0.1) is 0 Å². The highest BCUT2D eigenvalue weighted by molar-refractivity contribution is 5.23. The van der Waals surface area contributed by atoms with Gasteiger partial charge >= 0.3 is 0 Å². The van der Waals surface area contributed by atoms with Gasteiger partial charge in [0, 0.05) is 17.7 Å². The highest BCUT2D eigenvalue weighted by Gasteiger charge is 2.20. The molecule has 90 valence electrons. The van der Waals surface area contributed by atoms with Crippen LogP contribution < -0.4 is 5.73 Å². The first kappa shape index (κ1) is 13.0. The van der Waals surface area contributed by atoms with Crippen LogP contribution in [0.25, 0.3) is 0 Å². The van der Waals surface area contributed by atoms with E-state index in [1.54, 1.807) is 0 Å². The van der Waals surface area contributed by atoms with Gasteiger partial charge in [0.25, 0.3) is 0 Å². The second-order valence-electron chi connectivity index (χ2n) is 4.08. The van der Waals surface area contributed by atoms with Crippen molar-refractivity contribution in [3.05, 3.63) is 35.1 Å². The van der Waals surface area contributed by atoms with E-state index in [4.69, 9.17) is 5.73 Å². The normalized spacial score (nSPS) is 14.9. The molecule has 0 aliphatic rings. The smallest absolute Gasteiger partial charge is 0.161 e. The maximum Gasteiger partial charge on any atom is 0.161 e. The molecule has 16 heavy (non-hydrogen) atoms. The third-order valence-electron chi connectivity index (χ3n) is 2.76. The SMILES string of the molecule is CCCC(C)C(N)c1cc(F)c(F)cc1F. The lowest BCUT2D eigenvalue weighted by molar-refractivity contribution is 0.412. The number of rotatable bonds is 4. The van der Waals surface area contributed by atoms with E-state index < -0.39 is 23.5 Å². The average molecular weight is 231 g/mol. The van der Waals surface area contributed by atoms with Crippen molar-refractivity contribution in [1.29, 1.82) is 0 Å². The van der Waals surface area contributed by atoms with Crippen molar-refractivity contribution in [3.63, 3.8) is 0 Å². The van der Waals surface area contributed by atoms with Gasteiger partial charge in [-0.3, -0.25) is 0 Å². The summed E-state index contributed by atoms with van der Waals surface area (Å²) in [5.41, 5.74) is 5.86. The molecular weight excluding hydrogens is 215 g/mol. The minimum Gasteiger partial charge on any atom is -0.324 e. The summed E-state index contributed by atoms with van der Waals surface area (Å²) in [5.74, 6) is -2.99. The van der Waals surface area contributed by atoms with E-state index in [2.05, 4.69) is 0 Å². The molecule has 0 aromatic heterocycles. The molecule has 0 bridgehead atoms. The highest BCUT2D eigenvalue weighted by atomic mass is 19.2. The minimum atomic E-state index is -1.18. The number of halogens is 3. The Morgan fingerprint density at radius 3 is 2.25 bits per heavy atom. The number of hydrogen-bond donors (Lipinski definition) is 1. The molecule has 0 heterocycles. The molecular formula is C12H16F3N. The van der Waals surface area contributed by atoms with Crippen molar-refractivity contribution in [3.8, 4) is 0 Å². The van der Waals surface area contributed by atoms with Crippen LogP contribution in [0.5, 0.6) is 0 Å². The fraction of sp³-hybridized carbons (Fsp3) is 0.500. The Balaban J connectivity index is 2.99. The summed E-state index contributed by atoms with van der Waals surface area (Å²) in [6, 6.07) is 0.792. The standard InChI is InChI=1S/C12H16F3N/c1-3-4-7(2)12(16)8-5-10(14)11(15)6-9(8)13/h5-7,12H,3-4,16H2,1-2H3. The molecule has 0 fully saturated rings. The molecule has 2 atom stereocenters. The third-order valence-corrected chi connectivity index (χ3v) is 2.76. The summed E-state index contributed by atoms with van der Waals surface area (Å²) in [6.07, 6.45) is 1.74. The van der Waals surface area contributed by atoms with Crippen LogP contribution in [0.1, 0.15) is 38.3 Å². The summed E-state index contributed by atoms with van der Waals surface area (Å²) in [4.78, 5) is 0. The van der Waals surface area contributed by atoms with Gasteiger partial charge < -0.3 is 5.73 Å². The van der Waals surface area contributed by atoms with Gasteiger partial charge in [-0.25, -0.2) is 13.2 Å². The van der Waals surface area contributed by atoms with Gasteiger partial charge in [0.2, 0.25) is 0 Å². The average Bonchev–Trinajstić information content (AvgIpc) is 2.23. The Morgan fingerprint density at radius 2 is 1.69 bits per heavy atom. The Morgan fingerprint density at radius 1 is 1.12 bits per heavy atom. The number of benzene rings is 1. The molecule has 1 aromatic rings. The highest BCUT2D eigenvalue weighted by Crippen LogP contribution is 2.26. The Labute approximate surface area is 93.5 Å². The van der Waals surface area contributed by atoms with E-state index in [0.29, 0.717) is 6.07 Å². The molecule has 0 spiro atoms. The van der Waals surface area contributed by atoms with E-state index in [1.165, 1.54) is 0 Å². The first-order chi connectivity index (χ1) is 7.47. The quantitative estimate of drug-likeness (QED) is 0.788. The molecule has 1 nitrogen and oxygen atoms in total. The molecule has 2 N–H and O–H groups in total. The maximum absolute atomic E-state index is 13.4. The lowest BCUT2D eigenvalue weighted by atomic mass is 9.91. The predicted octanol–water partition coefficient (Wildman–Crippen LogP) is 3.54. The molecule has 0 aliphatic carbocycles. The molecule has 0 amide bonds. The van der Waals surface area contributed by atoms with Gasteiger partial charge in [0.15, 0.2) is 11.6 Å². The Bertz CT molecular complexity index is 366. The lowest BCUT2D eigenvalue weighted by Gasteiger charge is -2.20. The molecule has 4 heteroatoms. The summed E-state index contributed by atoms with van der Waals surface area (Å²) >= 11 is 0. The molecule has 1 aromatic carbocycles. The van der Waals surface area contributed by atoms with Crippen molar-refractivity contribution < 1.29 is 13.2 Å². The Kier molecular flexibility index (Phi) is 4.35. The lowest BCUT2D eigenvalue weighted by Crippen LogP contribution is -2.20. The van der Waals surface area contributed by atoms with Crippen LogP contribution in [0.3, 0.4) is 0 Å². The van der Waals surface area contributed by atoms with Gasteiger partial charge in [0.05, 0.1) is 0 Å². The van der Waals surface area contributed by atoms with Crippen molar-refractivity contribution in [2.45, 2.75) is 32.7 Å². The van der Waals surface area contributed by atoms with Gasteiger partial charge in [-0.2, -0.15) is 0 Å². The number of nitrogens with two attached hydrogens (primary N) is 1. The second-order valence-corrected chi connectivity index (χ2v) is 4.08. The summed E-state index contributed by atoms with van der Waals surface area (Å²) < 4.78 is 39.1. The van der Waals surface area contributed by atoms with E-state index in [9.17, 15) is 13.2 Å². The maximum atomic E-state index is 13.4.